The van der Waals surface area contributed by atoms with E-state index in [1.165, 1.54) is 4.90 Å². The predicted octanol–water partition coefficient (Wildman–Crippen LogP) is -0.450. The molecule has 1 unspecified atom stereocenters. The molecule has 1 saturated heterocycles. The highest BCUT2D eigenvalue weighted by molar-refractivity contribution is 5.68. The van der Waals surface area contributed by atoms with E-state index in [9.17, 15) is 9.90 Å². The van der Waals surface area contributed by atoms with Crippen molar-refractivity contribution in [1.29, 1.82) is 0 Å². The zero-order chi connectivity index (χ0) is 13.1. The number of rotatable bonds is 1. The van der Waals surface area contributed by atoms with Crippen LogP contribution in [0.5, 0.6) is 0 Å². The molecular weight excluding hydrogens is 224 g/mol. The van der Waals surface area contributed by atoms with Crippen LogP contribution in [0.3, 0.4) is 0 Å². The smallest absolute Gasteiger partial charge is 0.410 e. The SMILES string of the molecule is CC(C)(C)OC(=O)N1CCNCC(O)(CO)C1. The quantitative estimate of drug-likeness (QED) is 0.584. The van der Waals surface area contributed by atoms with Gasteiger partial charge in [0.1, 0.15) is 11.2 Å². The maximum Gasteiger partial charge on any atom is 0.410 e. The Morgan fingerprint density at radius 1 is 1.53 bits per heavy atom. The molecule has 1 aliphatic rings. The fraction of sp³-hybridized carbons (Fsp3) is 0.909. The highest BCUT2D eigenvalue weighted by Gasteiger charge is 2.34. The van der Waals surface area contributed by atoms with Gasteiger partial charge in [0.15, 0.2) is 0 Å². The Morgan fingerprint density at radius 3 is 2.71 bits per heavy atom. The molecule has 1 fully saturated rings. The van der Waals surface area contributed by atoms with E-state index in [0.29, 0.717) is 13.1 Å². The molecule has 1 rings (SSSR count). The molecule has 0 aromatic heterocycles. The van der Waals surface area contributed by atoms with Gasteiger partial charge in [-0.1, -0.05) is 0 Å². The van der Waals surface area contributed by atoms with E-state index in [1.54, 1.807) is 20.8 Å². The lowest BCUT2D eigenvalue weighted by atomic mass is 10.1. The van der Waals surface area contributed by atoms with Gasteiger partial charge in [0.05, 0.1) is 13.2 Å². The molecule has 0 aromatic rings. The van der Waals surface area contributed by atoms with Gasteiger partial charge < -0.3 is 25.2 Å². The van der Waals surface area contributed by atoms with Crippen LogP contribution in [0, 0.1) is 0 Å². The van der Waals surface area contributed by atoms with Gasteiger partial charge in [-0.25, -0.2) is 4.79 Å². The first-order chi connectivity index (χ1) is 7.76. The summed E-state index contributed by atoms with van der Waals surface area (Å²) in [6, 6.07) is 0. The van der Waals surface area contributed by atoms with E-state index in [4.69, 9.17) is 9.84 Å². The first-order valence-electron chi connectivity index (χ1n) is 5.78. The Bertz CT molecular complexity index is 277. The van der Waals surface area contributed by atoms with E-state index in [1.807, 2.05) is 0 Å². The molecule has 17 heavy (non-hydrogen) atoms. The number of β-amino-alcohol motifs (C(OH)–C–C–N with tert-alkyl or cyclic N) is 1. The Morgan fingerprint density at radius 2 is 2.18 bits per heavy atom. The predicted molar refractivity (Wildman–Crippen MR) is 62.7 cm³/mol. The van der Waals surface area contributed by atoms with Crippen molar-refractivity contribution in [3.05, 3.63) is 0 Å². The highest BCUT2D eigenvalue weighted by atomic mass is 16.6. The molecule has 1 heterocycles. The molecule has 0 bridgehead atoms. The van der Waals surface area contributed by atoms with Gasteiger partial charge in [-0.05, 0) is 20.8 Å². The molecule has 6 heteroatoms. The molecule has 6 nitrogen and oxygen atoms in total. The summed E-state index contributed by atoms with van der Waals surface area (Å²) in [4.78, 5) is 13.3. The number of hydrogen-bond acceptors (Lipinski definition) is 5. The number of ether oxygens (including phenoxy) is 1. The molecular formula is C11H22N2O4. The van der Waals surface area contributed by atoms with Gasteiger partial charge in [-0.2, -0.15) is 0 Å². The zero-order valence-corrected chi connectivity index (χ0v) is 10.7. The van der Waals surface area contributed by atoms with Crippen molar-refractivity contribution in [1.82, 2.24) is 10.2 Å². The Labute approximate surface area is 102 Å². The minimum atomic E-state index is -1.30. The van der Waals surface area contributed by atoms with Crippen LogP contribution >= 0.6 is 0 Å². The van der Waals surface area contributed by atoms with Crippen LogP contribution in [-0.4, -0.2) is 65.2 Å². The van der Waals surface area contributed by atoms with Crippen LogP contribution in [0.15, 0.2) is 0 Å². The van der Waals surface area contributed by atoms with E-state index >= 15 is 0 Å². The number of aliphatic hydroxyl groups is 2. The fourth-order valence-corrected chi connectivity index (χ4v) is 1.61. The topological polar surface area (TPSA) is 82.0 Å². The summed E-state index contributed by atoms with van der Waals surface area (Å²) in [7, 11) is 0. The molecule has 1 amide bonds. The lowest BCUT2D eigenvalue weighted by Crippen LogP contribution is -2.51. The van der Waals surface area contributed by atoms with Crippen LogP contribution in [-0.2, 0) is 4.74 Å². The maximum atomic E-state index is 11.9. The molecule has 100 valence electrons. The average Bonchev–Trinajstić information content (AvgIpc) is 2.39. The molecule has 0 aliphatic carbocycles. The summed E-state index contributed by atoms with van der Waals surface area (Å²) in [5.74, 6) is 0. The van der Waals surface area contributed by atoms with Crippen molar-refractivity contribution in [2.75, 3.05) is 32.8 Å². The summed E-state index contributed by atoms with van der Waals surface area (Å²) in [5, 5.41) is 22.1. The van der Waals surface area contributed by atoms with Crippen molar-refractivity contribution in [2.24, 2.45) is 0 Å². The van der Waals surface area contributed by atoms with Crippen molar-refractivity contribution in [3.8, 4) is 0 Å². The fourth-order valence-electron chi connectivity index (χ4n) is 1.61. The second kappa shape index (κ2) is 5.20. The third-order valence-corrected chi connectivity index (χ3v) is 2.44. The number of hydrogen-bond donors (Lipinski definition) is 3. The van der Waals surface area contributed by atoms with Crippen LogP contribution < -0.4 is 5.32 Å². The van der Waals surface area contributed by atoms with Gasteiger partial charge in [-0.3, -0.25) is 0 Å². The molecule has 0 radical (unpaired) electrons. The molecule has 3 N–H and O–H groups in total. The summed E-state index contributed by atoms with van der Waals surface area (Å²) >= 11 is 0. The monoisotopic (exact) mass is 246 g/mol. The van der Waals surface area contributed by atoms with Crippen LogP contribution in [0.25, 0.3) is 0 Å². The zero-order valence-electron chi connectivity index (χ0n) is 10.7. The largest absolute Gasteiger partial charge is 0.444 e. The van der Waals surface area contributed by atoms with E-state index in [0.717, 1.165) is 0 Å². The number of amides is 1. The number of nitrogens with one attached hydrogen (secondary N) is 1. The van der Waals surface area contributed by atoms with E-state index in [-0.39, 0.29) is 19.7 Å². The molecule has 0 saturated carbocycles. The van der Waals surface area contributed by atoms with Crippen LogP contribution in [0.2, 0.25) is 0 Å². The third-order valence-electron chi connectivity index (χ3n) is 2.44. The standard InChI is InChI=1S/C11H22N2O4/c1-10(2,3)17-9(15)13-5-4-12-6-11(16,7-13)8-14/h12,14,16H,4-8H2,1-3H3. The average molecular weight is 246 g/mol. The van der Waals surface area contributed by atoms with Gasteiger partial charge >= 0.3 is 6.09 Å². The maximum absolute atomic E-state index is 11.9. The Balaban J connectivity index is 2.66. The molecule has 1 aliphatic heterocycles. The number of aliphatic hydroxyl groups excluding tert-OH is 1. The van der Waals surface area contributed by atoms with Gasteiger partial charge in [0, 0.05) is 19.6 Å². The van der Waals surface area contributed by atoms with E-state index < -0.39 is 17.3 Å². The van der Waals surface area contributed by atoms with Gasteiger partial charge in [0.2, 0.25) is 0 Å². The normalized spacial score (nSPS) is 26.5. The lowest BCUT2D eigenvalue weighted by molar-refractivity contribution is -0.0367. The molecule has 0 spiro atoms. The van der Waals surface area contributed by atoms with Crippen LogP contribution in [0.4, 0.5) is 4.79 Å². The second-order valence-electron chi connectivity index (χ2n) is 5.46. The number of nitrogens with zero attached hydrogens (tertiary/aromatic N) is 1. The van der Waals surface area contributed by atoms with Gasteiger partial charge in [0.25, 0.3) is 0 Å². The third kappa shape index (κ3) is 4.49. The van der Waals surface area contributed by atoms with Crippen molar-refractivity contribution >= 4 is 6.09 Å². The Hall–Kier alpha value is -0.850. The second-order valence-corrected chi connectivity index (χ2v) is 5.46. The Kier molecular flexibility index (Phi) is 4.35. The first kappa shape index (κ1) is 14.2. The summed E-state index contributed by atoms with van der Waals surface area (Å²) < 4.78 is 5.24. The summed E-state index contributed by atoms with van der Waals surface area (Å²) in [5.41, 5.74) is -1.86. The minimum absolute atomic E-state index is 0.0748. The lowest BCUT2D eigenvalue weighted by Gasteiger charge is -2.31. The van der Waals surface area contributed by atoms with E-state index in [2.05, 4.69) is 5.32 Å². The van der Waals surface area contributed by atoms with Crippen molar-refractivity contribution < 1.29 is 19.7 Å². The molecule has 1 atom stereocenters. The highest BCUT2D eigenvalue weighted by Crippen LogP contribution is 2.14. The molecule has 0 aromatic carbocycles. The van der Waals surface area contributed by atoms with Crippen molar-refractivity contribution in [3.63, 3.8) is 0 Å². The van der Waals surface area contributed by atoms with Crippen molar-refractivity contribution in [2.45, 2.75) is 32.0 Å². The van der Waals surface area contributed by atoms with Crippen LogP contribution in [0.1, 0.15) is 20.8 Å². The summed E-state index contributed by atoms with van der Waals surface area (Å²) in [6.45, 7) is 6.35. The number of carbonyl (C=O) groups is 1. The van der Waals surface area contributed by atoms with Gasteiger partial charge in [-0.15, -0.1) is 0 Å². The summed E-state index contributed by atoms with van der Waals surface area (Å²) in [6.07, 6.45) is -0.465. The number of carbonyl (C=O) groups excluding carboxylic acids is 1. The minimum Gasteiger partial charge on any atom is -0.444 e. The first-order valence-corrected chi connectivity index (χ1v) is 5.78.